The van der Waals surface area contributed by atoms with Crippen LogP contribution in [0.1, 0.15) is 23.8 Å². The number of aromatic nitrogens is 2. The highest BCUT2D eigenvalue weighted by Crippen LogP contribution is 2.25. The Balaban J connectivity index is 2.00. The number of β-amino-alcohol motifs (C(OH)–C–C–N with tert-alkyl or cyclic N) is 1. The Morgan fingerprint density at radius 1 is 1.80 bits per heavy atom. The Kier molecular flexibility index (Phi) is 2.15. The molecule has 15 heavy (non-hydrogen) atoms. The fraction of sp³-hybridized carbons (Fsp3) is 0.556. The van der Waals surface area contributed by atoms with Gasteiger partial charge in [0.25, 0.3) is 5.91 Å². The first-order valence-corrected chi connectivity index (χ1v) is 4.86. The minimum absolute atomic E-state index is 0.169. The van der Waals surface area contributed by atoms with Crippen LogP contribution in [-0.4, -0.2) is 44.8 Å². The first kappa shape index (κ1) is 9.97. The lowest BCUT2D eigenvalue weighted by Crippen LogP contribution is -2.63. The van der Waals surface area contributed by atoms with Gasteiger partial charge in [-0.25, -0.2) is 0 Å². The minimum Gasteiger partial charge on any atom is -0.386 e. The van der Waals surface area contributed by atoms with E-state index in [9.17, 15) is 9.90 Å². The van der Waals surface area contributed by atoms with Crippen LogP contribution in [0, 0.1) is 0 Å². The van der Waals surface area contributed by atoms with Crippen molar-refractivity contribution in [2.75, 3.05) is 18.8 Å². The Morgan fingerprint density at radius 2 is 2.47 bits per heavy atom. The van der Waals surface area contributed by atoms with Gasteiger partial charge in [0.2, 0.25) is 0 Å². The molecule has 2 rings (SSSR count). The number of nitrogens with one attached hydrogen (secondary N) is 1. The fourth-order valence-electron chi connectivity index (χ4n) is 1.65. The van der Waals surface area contributed by atoms with Crippen molar-refractivity contribution in [2.24, 2.45) is 0 Å². The van der Waals surface area contributed by atoms with Crippen molar-refractivity contribution in [3.63, 3.8) is 0 Å². The number of carbonyl (C=O) groups is 1. The second kappa shape index (κ2) is 3.23. The van der Waals surface area contributed by atoms with Crippen LogP contribution >= 0.6 is 0 Å². The summed E-state index contributed by atoms with van der Waals surface area (Å²) in [5.74, 6) is 0.127. The molecule has 1 fully saturated rings. The Labute approximate surface area is 87.1 Å². The normalized spacial score (nSPS) is 18.7. The quantitative estimate of drug-likeness (QED) is 0.618. The van der Waals surface area contributed by atoms with E-state index in [1.54, 1.807) is 4.90 Å². The highest BCUT2D eigenvalue weighted by molar-refractivity contribution is 5.93. The molecule has 1 aliphatic rings. The summed E-state index contributed by atoms with van der Waals surface area (Å²) in [5, 5.41) is 16.0. The number of hydrogen-bond donors (Lipinski definition) is 3. The predicted octanol–water partition coefficient (Wildman–Crippen LogP) is -0.411. The maximum Gasteiger partial charge on any atom is 0.272 e. The van der Waals surface area contributed by atoms with Gasteiger partial charge in [0, 0.05) is 6.07 Å². The number of nitrogens with two attached hydrogens (primary N) is 1. The molecule has 6 nitrogen and oxygen atoms in total. The lowest BCUT2D eigenvalue weighted by Gasteiger charge is -2.45. The van der Waals surface area contributed by atoms with Crippen LogP contribution in [0.15, 0.2) is 6.07 Å². The number of likely N-dealkylation sites (tertiary alicyclic amines) is 1. The molecule has 0 aromatic carbocycles. The van der Waals surface area contributed by atoms with Gasteiger partial charge in [-0.1, -0.05) is 6.92 Å². The minimum atomic E-state index is -0.707. The molecule has 0 spiro atoms. The summed E-state index contributed by atoms with van der Waals surface area (Å²) < 4.78 is 0. The first-order chi connectivity index (χ1) is 7.04. The van der Waals surface area contributed by atoms with Crippen LogP contribution in [0.5, 0.6) is 0 Å². The molecule has 0 saturated carbocycles. The summed E-state index contributed by atoms with van der Waals surface area (Å²) in [7, 11) is 0. The molecule has 1 amide bonds. The first-order valence-electron chi connectivity index (χ1n) is 4.86. The van der Waals surface area contributed by atoms with Gasteiger partial charge in [0.15, 0.2) is 0 Å². The van der Waals surface area contributed by atoms with E-state index in [0.29, 0.717) is 31.0 Å². The molecule has 0 unspecified atom stereocenters. The molecule has 0 bridgehead atoms. The molecule has 0 radical (unpaired) electrons. The van der Waals surface area contributed by atoms with Gasteiger partial charge in [-0.15, -0.1) is 0 Å². The van der Waals surface area contributed by atoms with Crippen molar-refractivity contribution >= 4 is 11.7 Å². The van der Waals surface area contributed by atoms with Crippen LogP contribution < -0.4 is 5.73 Å². The van der Waals surface area contributed by atoms with Gasteiger partial charge in [-0.05, 0) is 6.42 Å². The number of amides is 1. The molecule has 1 aromatic heterocycles. The van der Waals surface area contributed by atoms with Gasteiger partial charge in [-0.3, -0.25) is 9.89 Å². The molecule has 0 atom stereocenters. The Hall–Kier alpha value is -1.56. The van der Waals surface area contributed by atoms with Crippen molar-refractivity contribution in [1.82, 2.24) is 15.1 Å². The fourth-order valence-corrected chi connectivity index (χ4v) is 1.65. The van der Waals surface area contributed by atoms with Gasteiger partial charge in [0.1, 0.15) is 11.5 Å². The number of H-pyrrole nitrogens is 1. The average molecular weight is 210 g/mol. The number of hydrogen-bond acceptors (Lipinski definition) is 4. The van der Waals surface area contributed by atoms with Crippen molar-refractivity contribution in [1.29, 1.82) is 0 Å². The summed E-state index contributed by atoms with van der Waals surface area (Å²) >= 11 is 0. The lowest BCUT2D eigenvalue weighted by molar-refractivity contribution is -0.0828. The maximum atomic E-state index is 11.7. The third kappa shape index (κ3) is 1.68. The molecule has 1 saturated heterocycles. The second-order valence-corrected chi connectivity index (χ2v) is 3.95. The summed E-state index contributed by atoms with van der Waals surface area (Å²) in [6.45, 7) is 2.65. The monoisotopic (exact) mass is 210 g/mol. The average Bonchev–Trinajstić information content (AvgIpc) is 2.59. The van der Waals surface area contributed by atoms with Gasteiger partial charge in [0.05, 0.1) is 18.7 Å². The van der Waals surface area contributed by atoms with E-state index in [1.807, 2.05) is 6.92 Å². The predicted molar refractivity (Wildman–Crippen MR) is 54.1 cm³/mol. The number of nitrogens with zero attached hydrogens (tertiary/aromatic N) is 2. The highest BCUT2D eigenvalue weighted by atomic mass is 16.3. The molecule has 1 aromatic rings. The zero-order valence-corrected chi connectivity index (χ0v) is 8.53. The van der Waals surface area contributed by atoms with Crippen LogP contribution in [-0.2, 0) is 0 Å². The van der Waals surface area contributed by atoms with Crippen molar-refractivity contribution in [3.8, 4) is 0 Å². The Morgan fingerprint density at radius 3 is 2.93 bits per heavy atom. The second-order valence-electron chi connectivity index (χ2n) is 3.95. The molecule has 2 heterocycles. The summed E-state index contributed by atoms with van der Waals surface area (Å²) in [6.07, 6.45) is 0.655. The number of rotatable bonds is 2. The Bertz CT molecular complexity index is 381. The lowest BCUT2D eigenvalue weighted by atomic mass is 9.91. The van der Waals surface area contributed by atoms with Crippen LogP contribution in [0.2, 0.25) is 0 Å². The summed E-state index contributed by atoms with van der Waals surface area (Å²) in [5.41, 5.74) is 5.05. The molecule has 6 heteroatoms. The van der Waals surface area contributed by atoms with Gasteiger partial charge in [-0.2, -0.15) is 5.10 Å². The van der Waals surface area contributed by atoms with E-state index in [-0.39, 0.29) is 5.91 Å². The third-order valence-corrected chi connectivity index (χ3v) is 2.74. The molecule has 4 N–H and O–H groups in total. The highest BCUT2D eigenvalue weighted by Gasteiger charge is 2.42. The summed E-state index contributed by atoms with van der Waals surface area (Å²) in [4.78, 5) is 13.3. The number of aromatic amines is 1. The smallest absolute Gasteiger partial charge is 0.272 e. The molecule has 82 valence electrons. The van der Waals surface area contributed by atoms with E-state index in [0.717, 1.165) is 0 Å². The molecular formula is C9H14N4O2. The van der Waals surface area contributed by atoms with Crippen LogP contribution in [0.4, 0.5) is 5.82 Å². The largest absolute Gasteiger partial charge is 0.386 e. The number of aliphatic hydroxyl groups is 1. The topological polar surface area (TPSA) is 95.2 Å². The van der Waals surface area contributed by atoms with Gasteiger partial charge >= 0.3 is 0 Å². The van der Waals surface area contributed by atoms with Crippen molar-refractivity contribution in [3.05, 3.63) is 11.8 Å². The zero-order chi connectivity index (χ0) is 11.1. The van der Waals surface area contributed by atoms with Crippen molar-refractivity contribution < 1.29 is 9.90 Å². The molecule has 0 aliphatic carbocycles. The maximum absolute atomic E-state index is 11.7. The van der Waals surface area contributed by atoms with Crippen LogP contribution in [0.25, 0.3) is 0 Å². The molecular weight excluding hydrogens is 196 g/mol. The van der Waals surface area contributed by atoms with E-state index in [2.05, 4.69) is 10.2 Å². The van der Waals surface area contributed by atoms with E-state index >= 15 is 0 Å². The standard InChI is InChI=1S/C9H14N4O2/c1-2-9(15)4-13(5-9)8(14)6-3-7(10)12-11-6/h3,15H,2,4-5H2,1H3,(H3,10,11,12). The van der Waals surface area contributed by atoms with Crippen molar-refractivity contribution in [2.45, 2.75) is 18.9 Å². The zero-order valence-electron chi connectivity index (χ0n) is 8.53. The summed E-state index contributed by atoms with van der Waals surface area (Å²) in [6, 6.07) is 1.49. The number of carbonyl (C=O) groups excluding carboxylic acids is 1. The number of nitrogen functional groups attached to an aromatic ring is 1. The third-order valence-electron chi connectivity index (χ3n) is 2.74. The van der Waals surface area contributed by atoms with E-state index in [4.69, 9.17) is 5.73 Å². The van der Waals surface area contributed by atoms with Gasteiger partial charge < -0.3 is 15.7 Å². The van der Waals surface area contributed by atoms with E-state index < -0.39 is 5.60 Å². The van der Waals surface area contributed by atoms with Crippen LogP contribution in [0.3, 0.4) is 0 Å². The van der Waals surface area contributed by atoms with E-state index in [1.165, 1.54) is 6.07 Å². The SMILES string of the molecule is CCC1(O)CN(C(=O)c2cc(N)n[nH]2)C1. The molecule has 1 aliphatic heterocycles. The number of anilines is 1.